The molecule has 0 aliphatic carbocycles. The zero-order chi connectivity index (χ0) is 18.1. The van der Waals surface area contributed by atoms with Gasteiger partial charge in [0, 0.05) is 0 Å². The number of imide groups is 1. The molecule has 2 aromatic rings. The van der Waals surface area contributed by atoms with Crippen molar-refractivity contribution < 1.29 is 18.0 Å². The molecule has 126 valence electrons. The zero-order valence-corrected chi connectivity index (χ0v) is 18.2. The van der Waals surface area contributed by atoms with Crippen LogP contribution < -0.4 is 8.64 Å². The van der Waals surface area contributed by atoms with E-state index in [0.29, 0.717) is 7.57 Å². The van der Waals surface area contributed by atoms with Crippen molar-refractivity contribution >= 4 is 66.9 Å². The number of thioether (sulfide) groups is 1. The molecule has 2 aromatic carbocycles. The van der Waals surface area contributed by atoms with Gasteiger partial charge in [-0.25, -0.2) is 0 Å². The van der Waals surface area contributed by atoms with E-state index in [-0.39, 0.29) is 4.90 Å². The Labute approximate surface area is 161 Å². The first-order chi connectivity index (χ1) is 12.5. The van der Waals surface area contributed by atoms with Gasteiger partial charge in [-0.3, -0.25) is 0 Å². The molecule has 0 unspecified atom stereocenters. The van der Waals surface area contributed by atoms with E-state index >= 15 is 0 Å². The summed E-state index contributed by atoms with van der Waals surface area (Å²) in [5.74, 6) is -0.413. The number of rotatable bonds is 2. The molecule has 0 radical (unpaired) electrons. The van der Waals surface area contributed by atoms with Gasteiger partial charge in [0.2, 0.25) is 0 Å². The van der Waals surface area contributed by atoms with Gasteiger partial charge in [-0.1, -0.05) is 0 Å². The van der Waals surface area contributed by atoms with Gasteiger partial charge in [0.25, 0.3) is 0 Å². The Kier molecular flexibility index (Phi) is 3.54. The van der Waals surface area contributed by atoms with Crippen LogP contribution in [0.5, 0.6) is 0 Å². The minimum atomic E-state index is -3.61. The molecule has 3 aliphatic heterocycles. The molecular formula is C18H10InNO4S2. The third-order valence-electron chi connectivity index (χ3n) is 4.83. The van der Waals surface area contributed by atoms with E-state index in [0.717, 1.165) is 29.5 Å². The predicted molar refractivity (Wildman–Crippen MR) is 101 cm³/mol. The number of benzene rings is 2. The minimum absolute atomic E-state index is 0.271. The average Bonchev–Trinajstić information content (AvgIpc) is 3.22. The molecule has 26 heavy (non-hydrogen) atoms. The molecule has 2 amide bonds. The SMILES string of the molecule is O=C1NC(=O)/C(=[C]2\c3ccc[c]4c3C=[C](S(=O)(=O)c3ccccc3)[In]24)S1. The standard InChI is InChI=1S/C18H10NO4S2.In/c20-17-16(24-18(21)19-17)12-14-7-5-4-6-13(14)10-11-25(22,23)15-8-2-1-3-9-15;/h1-5,7-10H,(H,19,20,21);. The summed E-state index contributed by atoms with van der Waals surface area (Å²) >= 11 is -2.31. The van der Waals surface area contributed by atoms with Gasteiger partial charge in [0.05, 0.1) is 0 Å². The monoisotopic (exact) mass is 483 g/mol. The molecular weight excluding hydrogens is 473 g/mol. The van der Waals surface area contributed by atoms with Gasteiger partial charge < -0.3 is 0 Å². The first kappa shape index (κ1) is 16.4. The van der Waals surface area contributed by atoms with Gasteiger partial charge in [0.15, 0.2) is 0 Å². The Morgan fingerprint density at radius 3 is 2.38 bits per heavy atom. The molecule has 8 heteroatoms. The Morgan fingerprint density at radius 2 is 1.73 bits per heavy atom. The van der Waals surface area contributed by atoms with Crippen molar-refractivity contribution in [3.8, 4) is 0 Å². The average molecular weight is 483 g/mol. The number of hydrogen-bond acceptors (Lipinski definition) is 5. The third-order valence-corrected chi connectivity index (χ3v) is 20.9. The maximum absolute atomic E-state index is 13.2. The van der Waals surface area contributed by atoms with Gasteiger partial charge in [-0.15, -0.1) is 0 Å². The second kappa shape index (κ2) is 5.61. The molecule has 5 nitrogen and oxygen atoms in total. The summed E-state index contributed by atoms with van der Waals surface area (Å²) in [5.41, 5.74) is 1.83. The van der Waals surface area contributed by atoms with Crippen molar-refractivity contribution in [3.05, 3.63) is 67.2 Å². The molecule has 0 aromatic heterocycles. The summed E-state index contributed by atoms with van der Waals surface area (Å²) in [6.45, 7) is 0. The number of amides is 2. The summed E-state index contributed by atoms with van der Waals surface area (Å²) in [4.78, 5) is 24.6. The predicted octanol–water partition coefficient (Wildman–Crippen LogP) is 2.00. The van der Waals surface area contributed by atoms with Crippen LogP contribution in [0.15, 0.2) is 61.0 Å². The van der Waals surface area contributed by atoms with Crippen molar-refractivity contribution in [1.82, 2.24) is 5.32 Å². The van der Waals surface area contributed by atoms with E-state index < -0.39 is 42.4 Å². The van der Waals surface area contributed by atoms with Crippen LogP contribution in [0.2, 0.25) is 0 Å². The van der Waals surface area contributed by atoms with E-state index in [9.17, 15) is 18.0 Å². The maximum atomic E-state index is 13.2. The second-order valence-electron chi connectivity index (χ2n) is 6.19. The van der Waals surface area contributed by atoms with Crippen LogP contribution in [0.25, 0.3) is 9.41 Å². The Morgan fingerprint density at radius 1 is 0.962 bits per heavy atom. The normalized spacial score (nSPS) is 20.6. The Balaban J connectivity index is 1.73. The molecule has 0 spiro atoms. The molecule has 1 fully saturated rings. The van der Waals surface area contributed by atoms with Gasteiger partial charge in [-0.2, -0.15) is 0 Å². The van der Waals surface area contributed by atoms with E-state index in [1.165, 1.54) is 0 Å². The van der Waals surface area contributed by atoms with Gasteiger partial charge >= 0.3 is 162 Å². The van der Waals surface area contributed by atoms with Crippen molar-refractivity contribution in [2.24, 2.45) is 0 Å². The van der Waals surface area contributed by atoms with Crippen LogP contribution in [0.1, 0.15) is 11.1 Å². The van der Waals surface area contributed by atoms with Crippen LogP contribution in [0.3, 0.4) is 0 Å². The first-order valence-corrected chi connectivity index (χ1v) is 15.1. The van der Waals surface area contributed by atoms with Crippen molar-refractivity contribution in [3.63, 3.8) is 0 Å². The molecule has 1 N–H and O–H groups in total. The van der Waals surface area contributed by atoms with E-state index in [2.05, 4.69) is 5.32 Å². The number of carbonyl (C=O) groups is 2. The molecule has 3 aliphatic rings. The summed E-state index contributed by atoms with van der Waals surface area (Å²) in [6.07, 6.45) is 1.79. The van der Waals surface area contributed by atoms with Crippen LogP contribution in [0.4, 0.5) is 4.79 Å². The quantitative estimate of drug-likeness (QED) is 0.662. The summed E-state index contributed by atoms with van der Waals surface area (Å²) in [6, 6.07) is 14.2. The molecule has 4 bridgehead atoms. The summed E-state index contributed by atoms with van der Waals surface area (Å²) < 4.78 is 28.8. The molecule has 1 saturated heterocycles. The van der Waals surface area contributed by atoms with Crippen molar-refractivity contribution in [2.45, 2.75) is 4.90 Å². The van der Waals surface area contributed by atoms with Crippen LogP contribution in [0, 0.1) is 0 Å². The van der Waals surface area contributed by atoms with Crippen LogP contribution >= 0.6 is 11.8 Å². The molecule has 5 rings (SSSR count). The van der Waals surface area contributed by atoms with Crippen molar-refractivity contribution in [1.29, 1.82) is 0 Å². The van der Waals surface area contributed by atoms with E-state index in [4.69, 9.17) is 0 Å². The summed E-state index contributed by atoms with van der Waals surface area (Å²) in [7, 11) is -3.61. The first-order valence-electron chi connectivity index (χ1n) is 7.91. The van der Waals surface area contributed by atoms with Crippen molar-refractivity contribution in [2.75, 3.05) is 0 Å². The fourth-order valence-corrected chi connectivity index (χ4v) is 21.3. The number of nitrogens with one attached hydrogen (secondary N) is 1. The van der Waals surface area contributed by atoms with Gasteiger partial charge in [-0.05, 0) is 0 Å². The van der Waals surface area contributed by atoms with Crippen LogP contribution in [-0.2, 0) is 14.6 Å². The Bertz CT molecular complexity index is 1180. The third kappa shape index (κ3) is 2.15. The van der Waals surface area contributed by atoms with E-state index in [1.54, 1.807) is 36.4 Å². The zero-order valence-electron chi connectivity index (χ0n) is 13.2. The van der Waals surface area contributed by atoms with E-state index in [1.807, 2.05) is 18.2 Å². The summed E-state index contributed by atoms with van der Waals surface area (Å²) in [5, 5.41) is 1.89. The van der Waals surface area contributed by atoms with Gasteiger partial charge in [0.1, 0.15) is 0 Å². The van der Waals surface area contributed by atoms with Crippen LogP contribution in [-0.4, -0.2) is 41.0 Å². The molecule has 3 heterocycles. The fourth-order valence-electron chi connectivity index (χ4n) is 3.78. The molecule has 0 saturated carbocycles. The topological polar surface area (TPSA) is 80.3 Å². The number of hydrogen-bond donors (Lipinski definition) is 1. The number of sulfone groups is 1. The fraction of sp³-hybridized carbons (Fsp3) is 0. The second-order valence-corrected chi connectivity index (χ2v) is 18.0. The molecule has 0 atom stereocenters. The number of carbonyl (C=O) groups excluding carboxylic acids is 2. The Hall–Kier alpha value is -1.77.